The van der Waals surface area contributed by atoms with Crippen molar-refractivity contribution in [3.05, 3.63) is 28.8 Å². The van der Waals surface area contributed by atoms with Crippen molar-refractivity contribution >= 4 is 39.0 Å². The Bertz CT molecular complexity index is 521. The van der Waals surface area contributed by atoms with Crippen LogP contribution >= 0.6 is 23.8 Å². The van der Waals surface area contributed by atoms with Gasteiger partial charge in [-0.3, -0.25) is 0 Å². The van der Waals surface area contributed by atoms with Gasteiger partial charge in [0, 0.05) is 5.02 Å². The molecule has 0 radical (unpaired) electrons. The maximum Gasteiger partial charge on any atom is 0.238 e. The molecule has 4 nitrogen and oxygen atoms in total. The first-order valence-electron chi connectivity index (χ1n) is 3.80. The van der Waals surface area contributed by atoms with Crippen LogP contribution < -0.4 is 5.14 Å². The number of halogens is 1. The lowest BCUT2D eigenvalue weighted by Crippen LogP contribution is -2.12. The van der Waals surface area contributed by atoms with Crippen molar-refractivity contribution in [2.45, 2.75) is 11.4 Å². The van der Waals surface area contributed by atoms with Crippen LogP contribution in [-0.4, -0.2) is 13.6 Å². The number of rotatable bonds is 3. The number of aliphatic imine (C=N–C) groups is 1. The first-order valence-corrected chi connectivity index (χ1v) is 6.13. The minimum atomic E-state index is -3.71. The SMILES string of the molecule is NS(=O)(=O)c1ccc(CN=C=S)c(Cl)c1. The van der Waals surface area contributed by atoms with Gasteiger partial charge in [-0.05, 0) is 29.9 Å². The lowest BCUT2D eigenvalue weighted by molar-refractivity contribution is 0.598. The summed E-state index contributed by atoms with van der Waals surface area (Å²) in [6, 6.07) is 4.19. The molecule has 0 spiro atoms. The van der Waals surface area contributed by atoms with Crippen molar-refractivity contribution in [2.75, 3.05) is 0 Å². The standard InChI is InChI=1S/C8H7ClN2O2S2/c9-8-3-7(15(10,12)13)2-1-6(8)4-11-5-14/h1-3H,4H2,(H2,10,12,13). The van der Waals surface area contributed by atoms with Gasteiger partial charge in [0.1, 0.15) is 0 Å². The predicted molar refractivity (Wildman–Crippen MR) is 61.6 cm³/mol. The summed E-state index contributed by atoms with van der Waals surface area (Å²) >= 11 is 10.2. The van der Waals surface area contributed by atoms with E-state index in [0.717, 1.165) is 0 Å². The quantitative estimate of drug-likeness (QED) is 0.664. The second-order valence-electron chi connectivity index (χ2n) is 2.71. The summed E-state index contributed by atoms with van der Waals surface area (Å²) in [4.78, 5) is 3.67. The summed E-state index contributed by atoms with van der Waals surface area (Å²) in [7, 11) is -3.71. The van der Waals surface area contributed by atoms with Gasteiger partial charge in [-0.15, -0.1) is 0 Å². The number of benzene rings is 1. The molecular weight excluding hydrogens is 256 g/mol. The van der Waals surface area contributed by atoms with Gasteiger partial charge in [-0.2, -0.15) is 0 Å². The third-order valence-electron chi connectivity index (χ3n) is 1.67. The highest BCUT2D eigenvalue weighted by molar-refractivity contribution is 7.89. The van der Waals surface area contributed by atoms with Crippen molar-refractivity contribution < 1.29 is 8.42 Å². The van der Waals surface area contributed by atoms with Crippen molar-refractivity contribution in [1.29, 1.82) is 0 Å². The van der Waals surface area contributed by atoms with Gasteiger partial charge in [0.05, 0.1) is 16.6 Å². The molecule has 2 N–H and O–H groups in total. The highest BCUT2D eigenvalue weighted by Gasteiger charge is 2.09. The third-order valence-corrected chi connectivity index (χ3v) is 3.06. The molecule has 0 amide bonds. The molecule has 0 saturated heterocycles. The van der Waals surface area contributed by atoms with Crippen LogP contribution in [-0.2, 0) is 16.6 Å². The Hall–Kier alpha value is -0.780. The molecule has 0 aliphatic carbocycles. The first-order chi connectivity index (χ1) is 6.95. The Morgan fingerprint density at radius 2 is 2.20 bits per heavy atom. The van der Waals surface area contributed by atoms with E-state index in [1.54, 1.807) is 0 Å². The lowest BCUT2D eigenvalue weighted by atomic mass is 10.2. The predicted octanol–water partition coefficient (Wildman–Crippen LogP) is 1.59. The van der Waals surface area contributed by atoms with Crippen LogP contribution in [0.4, 0.5) is 0 Å². The molecule has 0 atom stereocenters. The van der Waals surface area contributed by atoms with Gasteiger partial charge in [-0.1, -0.05) is 17.7 Å². The topological polar surface area (TPSA) is 72.5 Å². The summed E-state index contributed by atoms with van der Waals surface area (Å²) in [5, 5.41) is 7.42. The molecule has 0 heterocycles. The van der Waals surface area contributed by atoms with Crippen molar-refractivity contribution in [3.8, 4) is 0 Å². The summed E-state index contributed by atoms with van der Waals surface area (Å²) in [5.41, 5.74) is 0.668. The average Bonchev–Trinajstić information content (AvgIpc) is 2.14. The summed E-state index contributed by atoms with van der Waals surface area (Å²) in [5.74, 6) is 0. The highest BCUT2D eigenvalue weighted by atomic mass is 35.5. The first kappa shape index (κ1) is 12.3. The van der Waals surface area contributed by atoms with Gasteiger partial charge in [0.15, 0.2) is 0 Å². The Balaban J connectivity index is 3.14. The molecule has 0 bridgehead atoms. The molecule has 0 aliphatic heterocycles. The molecule has 1 rings (SSSR count). The normalized spacial score (nSPS) is 10.8. The Morgan fingerprint density at radius 1 is 1.53 bits per heavy atom. The molecule has 15 heavy (non-hydrogen) atoms. The van der Waals surface area contributed by atoms with E-state index >= 15 is 0 Å². The number of primary sulfonamides is 1. The van der Waals surface area contributed by atoms with Gasteiger partial charge < -0.3 is 0 Å². The number of sulfonamides is 1. The molecule has 0 fully saturated rings. The van der Waals surface area contributed by atoms with E-state index in [4.69, 9.17) is 16.7 Å². The molecule has 0 aliphatic rings. The lowest BCUT2D eigenvalue weighted by Gasteiger charge is -2.02. The molecule has 1 aromatic carbocycles. The average molecular weight is 263 g/mol. The zero-order valence-electron chi connectivity index (χ0n) is 7.47. The zero-order valence-corrected chi connectivity index (χ0v) is 9.86. The van der Waals surface area contributed by atoms with E-state index < -0.39 is 10.0 Å². The maximum absolute atomic E-state index is 11.0. The van der Waals surface area contributed by atoms with Crippen molar-refractivity contribution in [1.82, 2.24) is 0 Å². The second kappa shape index (κ2) is 4.83. The molecule has 7 heteroatoms. The van der Waals surface area contributed by atoms with Gasteiger partial charge in [0.2, 0.25) is 10.0 Å². The van der Waals surface area contributed by atoms with Crippen molar-refractivity contribution in [3.63, 3.8) is 0 Å². The molecule has 80 valence electrons. The van der Waals surface area contributed by atoms with Crippen LogP contribution in [0.5, 0.6) is 0 Å². The number of nitrogens with two attached hydrogens (primary N) is 1. The fourth-order valence-electron chi connectivity index (χ4n) is 0.951. The summed E-state index contributed by atoms with van der Waals surface area (Å²) in [6.45, 7) is 0.271. The number of hydrogen-bond donors (Lipinski definition) is 1. The number of hydrogen-bond acceptors (Lipinski definition) is 4. The molecule has 0 saturated carbocycles. The number of isothiocyanates is 1. The summed E-state index contributed by atoms with van der Waals surface area (Å²) in [6.07, 6.45) is 0. The molecular formula is C8H7ClN2O2S2. The minimum Gasteiger partial charge on any atom is -0.228 e. The Kier molecular flexibility index (Phi) is 3.96. The number of nitrogens with zero attached hydrogens (tertiary/aromatic N) is 1. The maximum atomic E-state index is 11.0. The van der Waals surface area contributed by atoms with E-state index in [1.165, 1.54) is 18.2 Å². The minimum absolute atomic E-state index is 0.0254. The van der Waals surface area contributed by atoms with Crippen LogP contribution in [0.25, 0.3) is 0 Å². The smallest absolute Gasteiger partial charge is 0.228 e. The van der Waals surface area contributed by atoms with E-state index in [9.17, 15) is 8.42 Å². The highest BCUT2D eigenvalue weighted by Crippen LogP contribution is 2.20. The molecule has 0 aromatic heterocycles. The largest absolute Gasteiger partial charge is 0.238 e. The van der Waals surface area contributed by atoms with Gasteiger partial charge in [-0.25, -0.2) is 18.5 Å². The Labute approximate surface area is 97.8 Å². The van der Waals surface area contributed by atoms with Gasteiger partial charge >= 0.3 is 0 Å². The van der Waals surface area contributed by atoms with Crippen LogP contribution in [0.15, 0.2) is 28.1 Å². The fraction of sp³-hybridized carbons (Fsp3) is 0.125. The Morgan fingerprint density at radius 3 is 2.67 bits per heavy atom. The van der Waals surface area contributed by atoms with E-state index in [-0.39, 0.29) is 16.5 Å². The van der Waals surface area contributed by atoms with E-state index in [2.05, 4.69) is 22.4 Å². The second-order valence-corrected chi connectivity index (χ2v) is 4.86. The third kappa shape index (κ3) is 3.37. The molecule has 1 aromatic rings. The number of thiocarbonyl (C=S) groups is 1. The monoisotopic (exact) mass is 262 g/mol. The van der Waals surface area contributed by atoms with Crippen molar-refractivity contribution in [2.24, 2.45) is 10.1 Å². The molecule has 0 unspecified atom stereocenters. The van der Waals surface area contributed by atoms with E-state index in [0.29, 0.717) is 5.56 Å². The van der Waals surface area contributed by atoms with Crippen LogP contribution in [0, 0.1) is 0 Å². The summed E-state index contributed by atoms with van der Waals surface area (Å²) < 4.78 is 22.0. The van der Waals surface area contributed by atoms with Crippen LogP contribution in [0.2, 0.25) is 5.02 Å². The zero-order chi connectivity index (χ0) is 11.5. The van der Waals surface area contributed by atoms with E-state index in [1.807, 2.05) is 0 Å². The van der Waals surface area contributed by atoms with Crippen LogP contribution in [0.3, 0.4) is 0 Å². The van der Waals surface area contributed by atoms with Crippen LogP contribution in [0.1, 0.15) is 5.56 Å². The van der Waals surface area contributed by atoms with Gasteiger partial charge in [0.25, 0.3) is 0 Å². The fourth-order valence-corrected chi connectivity index (χ4v) is 1.86.